The molecule has 3 aromatic rings. The number of rotatable bonds is 6. The van der Waals surface area contributed by atoms with Crippen LogP contribution in [0.15, 0.2) is 58.2 Å². The molecule has 170 valence electrons. The van der Waals surface area contributed by atoms with Crippen LogP contribution in [0.3, 0.4) is 0 Å². The minimum atomic E-state index is -4.55. The number of aromatic nitrogens is 1. The van der Waals surface area contributed by atoms with Gasteiger partial charge in [-0.05, 0) is 30.7 Å². The number of hydrogen-bond donors (Lipinski definition) is 1. The third kappa shape index (κ3) is 5.26. The van der Waals surface area contributed by atoms with Gasteiger partial charge in [0.1, 0.15) is 10.9 Å². The van der Waals surface area contributed by atoms with Crippen LogP contribution in [0.1, 0.15) is 24.5 Å². The number of aliphatic carboxylic acids is 1. The Kier molecular flexibility index (Phi) is 6.59. The molecule has 0 saturated carbocycles. The third-order valence-electron chi connectivity index (χ3n) is 4.46. The van der Waals surface area contributed by atoms with Crippen molar-refractivity contribution in [3.8, 4) is 22.6 Å². The molecule has 32 heavy (non-hydrogen) atoms. The maximum Gasteiger partial charge on any atom is 0.416 e. The van der Waals surface area contributed by atoms with E-state index in [1.807, 2.05) is 0 Å². The standard InChI is InChI=1S/C21H15F6NO3S/c1-2-15(18(29)30)32-19-28-16(11-3-7-13(8-4-11)20(22,23)24)17(31-19)12-5-9-14(10-6-12)21(25,26)27/h3-10,15H,2H2,1H3,(H,29,30). The van der Waals surface area contributed by atoms with E-state index < -0.39 is 34.7 Å². The number of carboxylic acids is 1. The lowest BCUT2D eigenvalue weighted by atomic mass is 10.0. The van der Waals surface area contributed by atoms with Gasteiger partial charge in [-0.25, -0.2) is 4.98 Å². The average Bonchev–Trinajstić information content (AvgIpc) is 3.14. The van der Waals surface area contributed by atoms with Crippen molar-refractivity contribution < 1.29 is 40.7 Å². The van der Waals surface area contributed by atoms with Gasteiger partial charge < -0.3 is 9.52 Å². The minimum Gasteiger partial charge on any atom is -0.480 e. The maximum atomic E-state index is 12.9. The first-order valence-corrected chi connectivity index (χ1v) is 10.0. The van der Waals surface area contributed by atoms with Gasteiger partial charge in [0.25, 0.3) is 5.22 Å². The second-order valence-electron chi connectivity index (χ2n) is 6.66. The number of alkyl halides is 6. The molecule has 4 nitrogen and oxygen atoms in total. The van der Waals surface area contributed by atoms with Gasteiger partial charge in [-0.2, -0.15) is 26.3 Å². The van der Waals surface area contributed by atoms with Gasteiger partial charge in [-0.3, -0.25) is 4.79 Å². The van der Waals surface area contributed by atoms with Crippen LogP contribution in [0.25, 0.3) is 22.6 Å². The number of oxazole rings is 1. The van der Waals surface area contributed by atoms with Crippen molar-refractivity contribution >= 4 is 17.7 Å². The second kappa shape index (κ2) is 8.89. The summed E-state index contributed by atoms with van der Waals surface area (Å²) in [5.41, 5.74) is -1.25. The molecule has 1 heterocycles. The third-order valence-corrected chi connectivity index (χ3v) is 5.65. The van der Waals surface area contributed by atoms with Crippen molar-refractivity contribution in [3.63, 3.8) is 0 Å². The Balaban J connectivity index is 2.07. The van der Waals surface area contributed by atoms with Gasteiger partial charge >= 0.3 is 18.3 Å². The summed E-state index contributed by atoms with van der Waals surface area (Å²) < 4.78 is 82.9. The molecule has 0 fully saturated rings. The van der Waals surface area contributed by atoms with Crippen LogP contribution in [0.4, 0.5) is 26.3 Å². The first-order valence-electron chi connectivity index (χ1n) is 9.15. The van der Waals surface area contributed by atoms with Crippen molar-refractivity contribution in [2.24, 2.45) is 0 Å². The first kappa shape index (κ1) is 23.7. The summed E-state index contributed by atoms with van der Waals surface area (Å²) in [6.45, 7) is 1.64. The molecule has 1 atom stereocenters. The van der Waals surface area contributed by atoms with Gasteiger partial charge in [0, 0.05) is 11.1 Å². The molecule has 11 heteroatoms. The van der Waals surface area contributed by atoms with Crippen molar-refractivity contribution in [3.05, 3.63) is 59.7 Å². The van der Waals surface area contributed by atoms with E-state index in [0.717, 1.165) is 60.3 Å². The minimum absolute atomic E-state index is 0.0150. The van der Waals surface area contributed by atoms with E-state index in [4.69, 9.17) is 4.42 Å². The molecule has 3 rings (SSSR count). The molecule has 0 bridgehead atoms. The van der Waals surface area contributed by atoms with Crippen LogP contribution in [0.5, 0.6) is 0 Å². The van der Waals surface area contributed by atoms with E-state index in [1.165, 1.54) is 0 Å². The number of carbonyl (C=O) groups is 1. The van der Waals surface area contributed by atoms with E-state index >= 15 is 0 Å². The van der Waals surface area contributed by atoms with E-state index in [0.29, 0.717) is 0 Å². The Bertz CT molecular complexity index is 1010. The van der Waals surface area contributed by atoms with Crippen LogP contribution in [0.2, 0.25) is 0 Å². The lowest BCUT2D eigenvalue weighted by Gasteiger charge is -2.08. The van der Waals surface area contributed by atoms with Crippen molar-refractivity contribution in [2.75, 3.05) is 0 Å². The summed E-state index contributed by atoms with van der Waals surface area (Å²) in [5, 5.41) is 8.30. The summed E-state index contributed by atoms with van der Waals surface area (Å²) in [7, 11) is 0. The molecule has 0 amide bonds. The second-order valence-corrected chi connectivity index (χ2v) is 7.81. The molecule has 1 aromatic heterocycles. The van der Waals surface area contributed by atoms with E-state index in [-0.39, 0.29) is 34.2 Å². The topological polar surface area (TPSA) is 63.3 Å². The lowest BCUT2D eigenvalue weighted by molar-refractivity contribution is -0.138. The molecule has 0 aliphatic heterocycles. The van der Waals surface area contributed by atoms with Gasteiger partial charge in [-0.1, -0.05) is 43.0 Å². The predicted octanol–water partition coefficient (Wildman–Crippen LogP) is 7.00. The summed E-state index contributed by atoms with van der Waals surface area (Å²) in [6.07, 6.45) is -8.85. The lowest BCUT2D eigenvalue weighted by Crippen LogP contribution is -2.14. The number of hydrogen-bond acceptors (Lipinski definition) is 4. The van der Waals surface area contributed by atoms with Crippen LogP contribution in [-0.2, 0) is 17.1 Å². The number of carboxylic acid groups (broad SMARTS) is 1. The zero-order valence-corrected chi connectivity index (χ0v) is 17.1. The molecule has 2 aromatic carbocycles. The maximum absolute atomic E-state index is 12.9. The highest BCUT2D eigenvalue weighted by Crippen LogP contribution is 2.39. The van der Waals surface area contributed by atoms with Crippen molar-refractivity contribution in [1.29, 1.82) is 0 Å². The Hall–Kier alpha value is -2.95. The van der Waals surface area contributed by atoms with Gasteiger partial charge in [-0.15, -0.1) is 0 Å². The number of halogens is 6. The molecule has 0 aliphatic rings. The zero-order chi connectivity index (χ0) is 23.7. The summed E-state index contributed by atoms with van der Waals surface area (Å²) in [5.74, 6) is -1.09. The number of thioether (sulfide) groups is 1. The summed E-state index contributed by atoms with van der Waals surface area (Å²) in [4.78, 5) is 15.5. The molecule has 0 spiro atoms. The van der Waals surface area contributed by atoms with Crippen molar-refractivity contribution in [2.45, 2.75) is 36.2 Å². The molecule has 1 unspecified atom stereocenters. The number of benzene rings is 2. The Labute approximate surface area is 182 Å². The zero-order valence-electron chi connectivity index (χ0n) is 16.3. The predicted molar refractivity (Wildman–Crippen MR) is 105 cm³/mol. The van der Waals surface area contributed by atoms with Gasteiger partial charge in [0.2, 0.25) is 0 Å². The van der Waals surface area contributed by atoms with E-state index in [1.54, 1.807) is 6.92 Å². The van der Waals surface area contributed by atoms with Gasteiger partial charge in [0.05, 0.1) is 11.1 Å². The highest BCUT2D eigenvalue weighted by Gasteiger charge is 2.32. The fourth-order valence-corrected chi connectivity index (χ4v) is 3.59. The summed E-state index contributed by atoms with van der Waals surface area (Å²) in [6, 6.07) is 8.01. The Morgan fingerprint density at radius 3 is 1.81 bits per heavy atom. The summed E-state index contributed by atoms with van der Waals surface area (Å²) >= 11 is 0.799. The highest BCUT2D eigenvalue weighted by molar-refractivity contribution is 8.00. The van der Waals surface area contributed by atoms with Crippen LogP contribution in [0, 0.1) is 0 Å². The quantitative estimate of drug-likeness (QED) is 0.307. The van der Waals surface area contributed by atoms with Crippen LogP contribution >= 0.6 is 11.8 Å². The van der Waals surface area contributed by atoms with Gasteiger partial charge in [0.15, 0.2) is 5.76 Å². The Morgan fingerprint density at radius 2 is 1.41 bits per heavy atom. The van der Waals surface area contributed by atoms with E-state index in [2.05, 4.69) is 4.98 Å². The number of nitrogens with zero attached hydrogens (tertiary/aromatic N) is 1. The largest absolute Gasteiger partial charge is 0.480 e. The molecular formula is C21H15F6NO3S. The monoisotopic (exact) mass is 475 g/mol. The average molecular weight is 475 g/mol. The SMILES string of the molecule is CCC(Sc1nc(-c2ccc(C(F)(F)F)cc2)c(-c2ccc(C(F)(F)F)cc2)o1)C(=O)O. The van der Waals surface area contributed by atoms with Crippen LogP contribution in [-0.4, -0.2) is 21.3 Å². The molecule has 1 N–H and O–H groups in total. The van der Waals surface area contributed by atoms with E-state index in [9.17, 15) is 36.2 Å². The molecule has 0 aliphatic carbocycles. The van der Waals surface area contributed by atoms with Crippen LogP contribution < -0.4 is 0 Å². The first-order chi connectivity index (χ1) is 14.9. The normalized spacial score (nSPS) is 13.2. The van der Waals surface area contributed by atoms with Crippen molar-refractivity contribution in [1.82, 2.24) is 4.98 Å². The molecule has 0 radical (unpaired) electrons. The fraction of sp³-hybridized carbons (Fsp3) is 0.238. The molecule has 0 saturated heterocycles. The smallest absolute Gasteiger partial charge is 0.416 e. The molecular weight excluding hydrogens is 460 g/mol. The Morgan fingerprint density at radius 1 is 0.938 bits per heavy atom. The highest BCUT2D eigenvalue weighted by atomic mass is 32.2. The fourth-order valence-electron chi connectivity index (χ4n) is 2.80.